The smallest absolute Gasteiger partial charge is 0.181 e. The normalized spacial score (nSPS) is 17.5. The van der Waals surface area contributed by atoms with Crippen LogP contribution in [0.5, 0.6) is 0 Å². The molecular weight excluding hydrogens is 351 g/mol. The van der Waals surface area contributed by atoms with Gasteiger partial charge in [-0.15, -0.1) is 0 Å². The lowest BCUT2D eigenvalue weighted by Gasteiger charge is -2.32. The lowest BCUT2D eigenvalue weighted by molar-refractivity contribution is 0.168. The summed E-state index contributed by atoms with van der Waals surface area (Å²) in [4.78, 5) is 2.24. The zero-order valence-corrected chi connectivity index (χ0v) is 15.2. The van der Waals surface area contributed by atoms with Gasteiger partial charge in [0.1, 0.15) is 6.17 Å². The average Bonchev–Trinajstić information content (AvgIpc) is 2.69. The third-order valence-corrected chi connectivity index (χ3v) is 7.14. The Balaban J connectivity index is 1.60. The monoisotopic (exact) mass is 372 g/mol. The van der Waals surface area contributed by atoms with Crippen LogP contribution >= 0.6 is 0 Å². The Morgan fingerprint density at radius 3 is 2.27 bits per heavy atom. The number of hydrogen-bond acceptors (Lipinski definition) is 4. The minimum Gasteiger partial charge on any atom is -0.300 e. The Hall–Kier alpha value is -2.23. The highest BCUT2D eigenvalue weighted by Gasteiger charge is 2.32. The van der Waals surface area contributed by atoms with E-state index in [1.807, 2.05) is 29.2 Å². The Labute approximate surface area is 153 Å². The van der Waals surface area contributed by atoms with Gasteiger partial charge < -0.3 is 4.90 Å². The number of sulfone groups is 1. The third kappa shape index (κ3) is 4.12. The Kier molecular flexibility index (Phi) is 5.70. The number of nitriles is 1. The molecular formula is C20H21FN2O2S. The van der Waals surface area contributed by atoms with E-state index >= 15 is 0 Å². The highest BCUT2D eigenvalue weighted by atomic mass is 32.2. The molecule has 1 atom stereocenters. The van der Waals surface area contributed by atoms with Crippen molar-refractivity contribution >= 4 is 9.84 Å². The van der Waals surface area contributed by atoms with Crippen molar-refractivity contribution < 1.29 is 12.8 Å². The third-order valence-electron chi connectivity index (χ3n) is 4.87. The molecule has 3 rings (SSSR count). The maximum atomic E-state index is 14.4. The largest absolute Gasteiger partial charge is 0.300 e. The Bertz CT molecular complexity index is 868. The topological polar surface area (TPSA) is 61.2 Å². The van der Waals surface area contributed by atoms with Crippen LogP contribution in [-0.4, -0.2) is 38.2 Å². The van der Waals surface area contributed by atoms with Gasteiger partial charge in [-0.2, -0.15) is 5.26 Å². The molecule has 0 radical (unpaired) electrons. The summed E-state index contributed by atoms with van der Waals surface area (Å²) in [5.41, 5.74) is 1.09. The van der Waals surface area contributed by atoms with Crippen molar-refractivity contribution in [1.29, 1.82) is 5.26 Å². The first kappa shape index (κ1) is 18.6. The van der Waals surface area contributed by atoms with Crippen molar-refractivity contribution in [2.24, 2.45) is 0 Å². The van der Waals surface area contributed by atoms with Crippen molar-refractivity contribution in [1.82, 2.24) is 4.90 Å². The summed E-state index contributed by atoms with van der Waals surface area (Å²) >= 11 is 0. The molecule has 0 aromatic heterocycles. The van der Waals surface area contributed by atoms with Gasteiger partial charge in [0, 0.05) is 6.54 Å². The second-order valence-corrected chi connectivity index (χ2v) is 8.79. The second-order valence-electron chi connectivity index (χ2n) is 6.56. The molecule has 0 bridgehead atoms. The van der Waals surface area contributed by atoms with E-state index in [1.165, 1.54) is 24.3 Å². The first-order valence-electron chi connectivity index (χ1n) is 8.66. The summed E-state index contributed by atoms with van der Waals surface area (Å²) < 4.78 is 39.9. The molecule has 1 saturated heterocycles. The van der Waals surface area contributed by atoms with Crippen LogP contribution in [0.1, 0.15) is 30.1 Å². The van der Waals surface area contributed by atoms with E-state index in [2.05, 4.69) is 0 Å². The summed E-state index contributed by atoms with van der Waals surface area (Å²) in [6, 6.07) is 17.1. The van der Waals surface area contributed by atoms with Crippen molar-refractivity contribution in [2.75, 3.05) is 19.6 Å². The SMILES string of the molecule is N#Cc1ccc(S(=O)(=O)C2CCN(CC(F)c3ccccc3)CC2)cc1. The van der Waals surface area contributed by atoms with Crippen molar-refractivity contribution in [3.05, 3.63) is 65.7 Å². The second kappa shape index (κ2) is 7.98. The number of likely N-dealkylation sites (tertiary alicyclic amines) is 1. The molecule has 1 heterocycles. The van der Waals surface area contributed by atoms with Gasteiger partial charge >= 0.3 is 0 Å². The predicted octanol–water partition coefficient (Wildman–Crippen LogP) is 3.51. The lowest BCUT2D eigenvalue weighted by Crippen LogP contribution is -2.40. The molecule has 0 saturated carbocycles. The number of alkyl halides is 1. The summed E-state index contributed by atoms with van der Waals surface area (Å²) in [7, 11) is -3.42. The molecule has 0 aliphatic carbocycles. The van der Waals surface area contributed by atoms with E-state index in [1.54, 1.807) is 12.1 Å². The molecule has 0 N–H and O–H groups in total. The van der Waals surface area contributed by atoms with E-state index < -0.39 is 21.3 Å². The van der Waals surface area contributed by atoms with E-state index in [0.29, 0.717) is 37.1 Å². The molecule has 0 amide bonds. The standard InChI is InChI=1S/C20H21FN2O2S/c21-20(17-4-2-1-3-5-17)15-23-12-10-19(11-13-23)26(24,25)18-8-6-16(14-22)7-9-18/h1-9,19-20H,10-13,15H2. The Morgan fingerprint density at radius 2 is 1.69 bits per heavy atom. The number of halogens is 1. The molecule has 2 aromatic rings. The zero-order valence-electron chi connectivity index (χ0n) is 14.4. The first-order valence-corrected chi connectivity index (χ1v) is 10.2. The summed E-state index contributed by atoms with van der Waals surface area (Å²) in [5, 5.41) is 8.37. The Morgan fingerprint density at radius 1 is 1.08 bits per heavy atom. The van der Waals surface area contributed by atoms with E-state index in [0.717, 1.165) is 0 Å². The van der Waals surface area contributed by atoms with Crippen molar-refractivity contribution in [3.63, 3.8) is 0 Å². The van der Waals surface area contributed by atoms with Crippen LogP contribution in [0.3, 0.4) is 0 Å². The van der Waals surface area contributed by atoms with Crippen LogP contribution in [0, 0.1) is 11.3 Å². The quantitative estimate of drug-likeness (QED) is 0.806. The van der Waals surface area contributed by atoms with Gasteiger partial charge in [0.2, 0.25) is 0 Å². The summed E-state index contributed by atoms with van der Waals surface area (Å²) in [6.45, 7) is 1.41. The number of piperidine rings is 1. The highest BCUT2D eigenvalue weighted by molar-refractivity contribution is 7.92. The van der Waals surface area contributed by atoms with Crippen LogP contribution in [0.25, 0.3) is 0 Å². The lowest BCUT2D eigenvalue weighted by atomic mass is 10.1. The van der Waals surface area contributed by atoms with Crippen LogP contribution in [0.2, 0.25) is 0 Å². The van der Waals surface area contributed by atoms with Crippen LogP contribution in [0.15, 0.2) is 59.5 Å². The van der Waals surface area contributed by atoms with Gasteiger partial charge in [-0.1, -0.05) is 30.3 Å². The fourth-order valence-corrected chi connectivity index (χ4v) is 5.04. The molecule has 26 heavy (non-hydrogen) atoms. The molecule has 136 valence electrons. The molecule has 6 heteroatoms. The fourth-order valence-electron chi connectivity index (χ4n) is 3.31. The molecule has 1 unspecified atom stereocenters. The van der Waals surface area contributed by atoms with Crippen LogP contribution < -0.4 is 0 Å². The minimum atomic E-state index is -3.42. The van der Waals surface area contributed by atoms with Crippen molar-refractivity contribution in [3.8, 4) is 6.07 Å². The predicted molar refractivity (Wildman–Crippen MR) is 98.1 cm³/mol. The summed E-state index contributed by atoms with van der Waals surface area (Å²) in [6.07, 6.45) is -0.0869. The highest BCUT2D eigenvalue weighted by Crippen LogP contribution is 2.27. The van der Waals surface area contributed by atoms with Gasteiger partial charge in [-0.05, 0) is 55.8 Å². The average molecular weight is 372 g/mol. The molecule has 2 aromatic carbocycles. The molecule has 1 fully saturated rings. The number of hydrogen-bond donors (Lipinski definition) is 0. The maximum absolute atomic E-state index is 14.4. The number of nitrogens with zero attached hydrogens (tertiary/aromatic N) is 2. The maximum Gasteiger partial charge on any atom is 0.181 e. The van der Waals surface area contributed by atoms with Gasteiger partial charge in [0.15, 0.2) is 9.84 Å². The van der Waals surface area contributed by atoms with Crippen LogP contribution in [-0.2, 0) is 9.84 Å². The first-order chi connectivity index (χ1) is 12.5. The molecule has 4 nitrogen and oxygen atoms in total. The van der Waals surface area contributed by atoms with E-state index in [-0.39, 0.29) is 11.4 Å². The van der Waals surface area contributed by atoms with Gasteiger partial charge in [0.25, 0.3) is 0 Å². The van der Waals surface area contributed by atoms with Crippen LogP contribution in [0.4, 0.5) is 4.39 Å². The van der Waals surface area contributed by atoms with Crippen molar-refractivity contribution in [2.45, 2.75) is 29.2 Å². The molecule has 1 aliphatic rings. The summed E-state index contributed by atoms with van der Waals surface area (Å²) in [5.74, 6) is 0. The molecule has 1 aliphatic heterocycles. The number of rotatable bonds is 5. The minimum absolute atomic E-state index is 0.252. The van der Waals surface area contributed by atoms with Gasteiger partial charge in [0.05, 0.1) is 21.8 Å². The van der Waals surface area contributed by atoms with E-state index in [4.69, 9.17) is 5.26 Å². The zero-order chi connectivity index (χ0) is 18.6. The van der Waals surface area contributed by atoms with Gasteiger partial charge in [-0.25, -0.2) is 12.8 Å². The molecule has 0 spiro atoms. The van der Waals surface area contributed by atoms with Gasteiger partial charge in [-0.3, -0.25) is 0 Å². The van der Waals surface area contributed by atoms with E-state index in [9.17, 15) is 12.8 Å². The fraction of sp³-hybridized carbons (Fsp3) is 0.350. The number of benzene rings is 2.